The molecule has 1 unspecified atom stereocenters. The number of pyridine rings is 1. The topological polar surface area (TPSA) is 110 Å². The van der Waals surface area contributed by atoms with Gasteiger partial charge in [0, 0.05) is 13.0 Å². The highest BCUT2D eigenvalue weighted by Crippen LogP contribution is 2.23. The van der Waals surface area contributed by atoms with Crippen molar-refractivity contribution in [3.63, 3.8) is 0 Å². The molecule has 2 N–H and O–H groups in total. The average Bonchev–Trinajstić information content (AvgIpc) is 2.74. The van der Waals surface area contributed by atoms with Gasteiger partial charge in [0.1, 0.15) is 18.0 Å². The van der Waals surface area contributed by atoms with Gasteiger partial charge in [-0.05, 0) is 49.9 Å². The molecule has 0 aliphatic heterocycles. The molecule has 3 aromatic rings. The van der Waals surface area contributed by atoms with Crippen molar-refractivity contribution in [1.82, 2.24) is 4.57 Å². The lowest BCUT2D eigenvalue weighted by Gasteiger charge is -2.21. The average molecular weight is 467 g/mol. The molecule has 0 fully saturated rings. The summed E-state index contributed by atoms with van der Waals surface area (Å²) in [6, 6.07) is 16.5. The SMILES string of the molecule is CC(=O)OCc1cc2ccc(OC(N)CC(=O)OC(C)(C)C)cc2n(Cc2ccccc2)c1=O. The van der Waals surface area contributed by atoms with Gasteiger partial charge in [-0.25, -0.2) is 0 Å². The number of nitrogens with two attached hydrogens (primary N) is 1. The largest absolute Gasteiger partial charge is 0.475 e. The van der Waals surface area contributed by atoms with Crippen LogP contribution in [0.5, 0.6) is 5.75 Å². The lowest BCUT2D eigenvalue weighted by atomic mass is 10.1. The third-order valence-electron chi connectivity index (χ3n) is 4.83. The molecule has 8 nitrogen and oxygen atoms in total. The number of fused-ring (bicyclic) bond motifs is 1. The highest BCUT2D eigenvalue weighted by molar-refractivity contribution is 5.81. The number of carbonyl (C=O) groups excluding carboxylic acids is 2. The Morgan fingerprint density at radius 3 is 2.41 bits per heavy atom. The number of rotatable bonds is 8. The number of hydrogen-bond acceptors (Lipinski definition) is 7. The summed E-state index contributed by atoms with van der Waals surface area (Å²) in [7, 11) is 0. The lowest BCUT2D eigenvalue weighted by Crippen LogP contribution is -2.33. The van der Waals surface area contributed by atoms with E-state index in [4.69, 9.17) is 19.9 Å². The Balaban J connectivity index is 1.93. The maximum atomic E-state index is 13.3. The molecule has 0 radical (unpaired) electrons. The first-order valence-corrected chi connectivity index (χ1v) is 11.0. The Kier molecular flexibility index (Phi) is 7.73. The minimum absolute atomic E-state index is 0.113. The molecule has 0 spiro atoms. The molecule has 0 aliphatic carbocycles. The Morgan fingerprint density at radius 1 is 1.06 bits per heavy atom. The van der Waals surface area contributed by atoms with E-state index in [0.717, 1.165) is 10.9 Å². The molecular formula is C26H30N2O6. The van der Waals surface area contributed by atoms with Gasteiger partial charge in [0.15, 0.2) is 6.23 Å². The summed E-state index contributed by atoms with van der Waals surface area (Å²) in [4.78, 5) is 36.6. The molecular weight excluding hydrogens is 436 g/mol. The van der Waals surface area contributed by atoms with Crippen LogP contribution in [0.4, 0.5) is 0 Å². The summed E-state index contributed by atoms with van der Waals surface area (Å²) < 4.78 is 17.7. The highest BCUT2D eigenvalue weighted by Gasteiger charge is 2.20. The minimum atomic E-state index is -0.912. The third-order valence-corrected chi connectivity index (χ3v) is 4.83. The first-order chi connectivity index (χ1) is 16.0. The number of esters is 2. The van der Waals surface area contributed by atoms with Gasteiger partial charge in [-0.1, -0.05) is 30.3 Å². The second-order valence-corrected chi connectivity index (χ2v) is 8.99. The van der Waals surface area contributed by atoms with Crippen molar-refractivity contribution in [3.05, 3.63) is 76.1 Å². The van der Waals surface area contributed by atoms with Gasteiger partial charge < -0.3 is 18.8 Å². The number of ether oxygens (including phenoxy) is 3. The molecule has 2 aromatic carbocycles. The molecule has 1 aromatic heterocycles. The van der Waals surface area contributed by atoms with Crippen LogP contribution in [-0.2, 0) is 32.2 Å². The van der Waals surface area contributed by atoms with Crippen LogP contribution in [0.3, 0.4) is 0 Å². The number of nitrogens with zero attached hydrogens (tertiary/aromatic N) is 1. The first-order valence-electron chi connectivity index (χ1n) is 11.0. The van der Waals surface area contributed by atoms with Gasteiger partial charge in [-0.2, -0.15) is 0 Å². The maximum absolute atomic E-state index is 13.3. The van der Waals surface area contributed by atoms with E-state index in [9.17, 15) is 14.4 Å². The van der Waals surface area contributed by atoms with E-state index in [0.29, 0.717) is 23.4 Å². The second-order valence-electron chi connectivity index (χ2n) is 8.99. The zero-order valence-electron chi connectivity index (χ0n) is 19.9. The summed E-state index contributed by atoms with van der Waals surface area (Å²) >= 11 is 0. The number of benzene rings is 2. The first kappa shape index (κ1) is 25.0. The van der Waals surface area contributed by atoms with Crippen LogP contribution in [0.2, 0.25) is 0 Å². The summed E-state index contributed by atoms with van der Waals surface area (Å²) in [5.41, 5.74) is 7.06. The summed E-state index contributed by atoms with van der Waals surface area (Å²) in [6.07, 6.45) is -1.03. The summed E-state index contributed by atoms with van der Waals surface area (Å²) in [5, 5.41) is 0.769. The van der Waals surface area contributed by atoms with E-state index in [1.54, 1.807) is 49.6 Å². The smallest absolute Gasteiger partial charge is 0.311 e. The normalized spacial score (nSPS) is 12.3. The van der Waals surface area contributed by atoms with Crippen LogP contribution in [0, 0.1) is 0 Å². The Hall–Kier alpha value is -3.65. The monoisotopic (exact) mass is 466 g/mol. The van der Waals surface area contributed by atoms with Crippen LogP contribution in [0.15, 0.2) is 59.4 Å². The fourth-order valence-corrected chi connectivity index (χ4v) is 3.45. The summed E-state index contributed by atoms with van der Waals surface area (Å²) in [5.74, 6) is -0.508. The minimum Gasteiger partial charge on any atom is -0.475 e. The van der Waals surface area contributed by atoms with Crippen molar-refractivity contribution in [3.8, 4) is 5.75 Å². The molecule has 0 amide bonds. The molecule has 0 bridgehead atoms. The maximum Gasteiger partial charge on any atom is 0.311 e. The van der Waals surface area contributed by atoms with Gasteiger partial charge in [0.25, 0.3) is 5.56 Å². The molecule has 0 saturated heterocycles. The fourth-order valence-electron chi connectivity index (χ4n) is 3.45. The van der Waals surface area contributed by atoms with E-state index in [-0.39, 0.29) is 18.6 Å². The van der Waals surface area contributed by atoms with Crippen LogP contribution in [-0.4, -0.2) is 28.3 Å². The quantitative estimate of drug-likeness (QED) is 0.400. The van der Waals surface area contributed by atoms with Gasteiger partial charge in [0.2, 0.25) is 0 Å². The molecule has 0 saturated carbocycles. The Labute approximate surface area is 198 Å². The molecule has 3 rings (SSSR count). The Bertz CT molecular complexity index is 1230. The van der Waals surface area contributed by atoms with E-state index >= 15 is 0 Å². The van der Waals surface area contributed by atoms with Gasteiger partial charge >= 0.3 is 11.9 Å². The Morgan fingerprint density at radius 2 is 1.76 bits per heavy atom. The van der Waals surface area contributed by atoms with Crippen molar-refractivity contribution in [2.75, 3.05) is 0 Å². The predicted octanol–water partition coefficient (Wildman–Crippen LogP) is 3.51. The zero-order valence-corrected chi connectivity index (χ0v) is 19.9. The van der Waals surface area contributed by atoms with Crippen LogP contribution in [0.1, 0.15) is 45.2 Å². The highest BCUT2D eigenvalue weighted by atomic mass is 16.6. The predicted molar refractivity (Wildman–Crippen MR) is 128 cm³/mol. The van der Waals surface area contributed by atoms with Gasteiger partial charge in [-0.3, -0.25) is 20.1 Å². The third kappa shape index (κ3) is 6.92. The van der Waals surface area contributed by atoms with E-state index < -0.39 is 23.8 Å². The fraction of sp³-hybridized carbons (Fsp3) is 0.346. The van der Waals surface area contributed by atoms with Crippen LogP contribution in [0.25, 0.3) is 10.9 Å². The van der Waals surface area contributed by atoms with Gasteiger partial charge in [0.05, 0.1) is 24.0 Å². The zero-order chi connectivity index (χ0) is 24.9. The molecule has 1 atom stereocenters. The van der Waals surface area contributed by atoms with Crippen molar-refractivity contribution in [2.45, 2.75) is 59.1 Å². The van der Waals surface area contributed by atoms with Crippen molar-refractivity contribution >= 4 is 22.8 Å². The van der Waals surface area contributed by atoms with Crippen molar-refractivity contribution in [1.29, 1.82) is 0 Å². The van der Waals surface area contributed by atoms with Crippen LogP contribution < -0.4 is 16.0 Å². The standard InChI is InChI=1S/C26H30N2O6/c1-17(29)32-16-20-12-19-10-11-21(33-23(27)14-24(30)34-26(2,3)4)13-22(19)28(25(20)31)15-18-8-6-5-7-9-18/h5-13,23H,14-16,27H2,1-4H3. The molecule has 180 valence electrons. The van der Waals surface area contributed by atoms with Gasteiger partial charge in [-0.15, -0.1) is 0 Å². The van der Waals surface area contributed by atoms with Crippen LogP contribution >= 0.6 is 0 Å². The van der Waals surface area contributed by atoms with Crippen molar-refractivity contribution < 1.29 is 23.8 Å². The summed E-state index contributed by atoms with van der Waals surface area (Å²) in [6.45, 7) is 6.84. The second kappa shape index (κ2) is 10.5. The number of carbonyl (C=O) groups is 2. The van der Waals surface area contributed by atoms with E-state index in [1.165, 1.54) is 6.92 Å². The number of hydrogen-bond donors (Lipinski definition) is 1. The number of aromatic nitrogens is 1. The molecule has 0 aliphatic rings. The van der Waals surface area contributed by atoms with E-state index in [1.807, 2.05) is 30.3 Å². The van der Waals surface area contributed by atoms with Crippen molar-refractivity contribution in [2.24, 2.45) is 5.73 Å². The lowest BCUT2D eigenvalue weighted by molar-refractivity contribution is -0.156. The molecule has 34 heavy (non-hydrogen) atoms. The molecule has 8 heteroatoms. The molecule has 1 heterocycles. The van der Waals surface area contributed by atoms with E-state index in [2.05, 4.69) is 0 Å².